The lowest BCUT2D eigenvalue weighted by Gasteiger charge is -2.24. The minimum atomic E-state index is -0.417. The highest BCUT2D eigenvalue weighted by Crippen LogP contribution is 2.19. The number of hydrogen-bond donors (Lipinski definition) is 3. The lowest BCUT2D eigenvalue weighted by Crippen LogP contribution is -2.45. The van der Waals surface area contributed by atoms with E-state index >= 15 is 0 Å². The van der Waals surface area contributed by atoms with Gasteiger partial charge in [-0.3, -0.25) is 9.59 Å². The van der Waals surface area contributed by atoms with E-state index in [0.717, 1.165) is 6.42 Å². The predicted octanol–water partition coefficient (Wildman–Crippen LogP) is 2.44. The maximum atomic E-state index is 12.7. The number of benzene rings is 1. The van der Waals surface area contributed by atoms with Gasteiger partial charge in [-0.15, -0.1) is 0 Å². The Bertz CT molecular complexity index is 898. The molecular weight excluding hydrogens is 398 g/mol. The molecule has 2 atom stereocenters. The van der Waals surface area contributed by atoms with Crippen molar-refractivity contribution in [3.63, 3.8) is 0 Å². The van der Waals surface area contributed by atoms with Crippen molar-refractivity contribution >= 4 is 23.5 Å². The lowest BCUT2D eigenvalue weighted by atomic mass is 9.96. The molecule has 1 aromatic carbocycles. The van der Waals surface area contributed by atoms with Crippen LogP contribution < -0.4 is 16.0 Å². The molecular formula is C22H29N5O4. The smallest absolute Gasteiger partial charge is 0.319 e. The second-order valence-electron chi connectivity index (χ2n) is 7.91. The largest absolute Gasteiger partial charge is 0.361 e. The van der Waals surface area contributed by atoms with Gasteiger partial charge in [0.25, 0.3) is 0 Å². The van der Waals surface area contributed by atoms with Crippen molar-refractivity contribution in [1.29, 1.82) is 0 Å². The van der Waals surface area contributed by atoms with Gasteiger partial charge in [0, 0.05) is 43.7 Å². The molecule has 9 nitrogen and oxygen atoms in total. The third-order valence-corrected chi connectivity index (χ3v) is 5.30. The van der Waals surface area contributed by atoms with Crippen molar-refractivity contribution in [3.05, 3.63) is 47.9 Å². The molecule has 0 aliphatic carbocycles. The first-order chi connectivity index (χ1) is 14.9. The van der Waals surface area contributed by atoms with Crippen molar-refractivity contribution in [1.82, 2.24) is 20.7 Å². The number of carbonyl (C=O) groups excluding carboxylic acids is 3. The minimum Gasteiger partial charge on any atom is -0.361 e. The molecule has 0 bridgehead atoms. The van der Waals surface area contributed by atoms with Crippen molar-refractivity contribution < 1.29 is 18.9 Å². The molecule has 3 rings (SSSR count). The maximum Gasteiger partial charge on any atom is 0.319 e. The molecule has 3 N–H and O–H groups in total. The highest BCUT2D eigenvalue weighted by molar-refractivity contribution is 5.89. The average Bonchev–Trinajstić information content (AvgIpc) is 3.18. The van der Waals surface area contributed by atoms with Crippen LogP contribution in [0.2, 0.25) is 0 Å². The van der Waals surface area contributed by atoms with Gasteiger partial charge in [-0.2, -0.15) is 0 Å². The summed E-state index contributed by atoms with van der Waals surface area (Å²) in [5.74, 6) is -0.0246. The number of carbonyl (C=O) groups is 3. The second-order valence-corrected chi connectivity index (χ2v) is 7.91. The number of rotatable bonds is 5. The van der Waals surface area contributed by atoms with E-state index in [9.17, 15) is 14.4 Å². The van der Waals surface area contributed by atoms with E-state index in [1.807, 2.05) is 30.3 Å². The number of aromatic nitrogens is 1. The first kappa shape index (κ1) is 22.3. The van der Waals surface area contributed by atoms with E-state index in [1.54, 1.807) is 24.9 Å². The number of hydrogen-bond acceptors (Lipinski definition) is 5. The normalized spacial score (nSPS) is 19.7. The van der Waals surface area contributed by atoms with Crippen LogP contribution in [0.5, 0.6) is 0 Å². The SMILES string of the molecule is Cc1cc(CNC(=O)[C@@H]2CCC[C@@H](NC(=O)Nc3ccccc3)CN(C)C(=O)C2)no1. The van der Waals surface area contributed by atoms with Gasteiger partial charge in [-0.25, -0.2) is 4.79 Å². The van der Waals surface area contributed by atoms with Gasteiger partial charge in [0.15, 0.2) is 0 Å². The van der Waals surface area contributed by atoms with Gasteiger partial charge in [0.2, 0.25) is 11.8 Å². The Morgan fingerprint density at radius 1 is 1.23 bits per heavy atom. The molecule has 0 unspecified atom stereocenters. The topological polar surface area (TPSA) is 117 Å². The number of anilines is 1. The number of para-hydroxylation sites is 1. The van der Waals surface area contributed by atoms with E-state index in [4.69, 9.17) is 4.52 Å². The van der Waals surface area contributed by atoms with Crippen LogP contribution in [0.25, 0.3) is 0 Å². The quantitative estimate of drug-likeness (QED) is 0.678. The summed E-state index contributed by atoms with van der Waals surface area (Å²) in [5, 5.41) is 12.5. The van der Waals surface area contributed by atoms with E-state index in [2.05, 4.69) is 21.1 Å². The second kappa shape index (κ2) is 10.6. The third-order valence-electron chi connectivity index (χ3n) is 5.30. The Morgan fingerprint density at radius 2 is 2.00 bits per heavy atom. The zero-order valence-corrected chi connectivity index (χ0v) is 17.9. The van der Waals surface area contributed by atoms with Crippen LogP contribution in [0, 0.1) is 12.8 Å². The van der Waals surface area contributed by atoms with Crippen molar-refractivity contribution in [2.24, 2.45) is 5.92 Å². The zero-order valence-electron chi connectivity index (χ0n) is 17.9. The highest BCUT2D eigenvalue weighted by atomic mass is 16.5. The summed E-state index contributed by atoms with van der Waals surface area (Å²) in [6.45, 7) is 2.45. The Hall–Kier alpha value is -3.36. The number of nitrogens with one attached hydrogen (secondary N) is 3. The fourth-order valence-electron chi connectivity index (χ4n) is 3.64. The van der Waals surface area contributed by atoms with Crippen molar-refractivity contribution in [3.8, 4) is 0 Å². The van der Waals surface area contributed by atoms with Gasteiger partial charge in [-0.05, 0) is 31.9 Å². The Balaban J connectivity index is 1.54. The Labute approximate surface area is 181 Å². The van der Waals surface area contributed by atoms with Gasteiger partial charge in [-0.1, -0.05) is 29.8 Å². The first-order valence-electron chi connectivity index (χ1n) is 10.5. The summed E-state index contributed by atoms with van der Waals surface area (Å²) in [4.78, 5) is 39.2. The van der Waals surface area contributed by atoms with Crippen LogP contribution in [0.15, 0.2) is 40.9 Å². The highest BCUT2D eigenvalue weighted by Gasteiger charge is 2.27. The number of amides is 4. The fraction of sp³-hybridized carbons (Fsp3) is 0.455. The van der Waals surface area contributed by atoms with Crippen LogP contribution in [0.3, 0.4) is 0 Å². The van der Waals surface area contributed by atoms with E-state index in [-0.39, 0.29) is 36.9 Å². The molecule has 9 heteroatoms. The third kappa shape index (κ3) is 6.84. The molecule has 1 aliphatic heterocycles. The summed E-state index contributed by atoms with van der Waals surface area (Å²) < 4.78 is 5.01. The maximum absolute atomic E-state index is 12.7. The summed E-state index contributed by atoms with van der Waals surface area (Å²) in [6, 6.07) is 10.4. The number of aryl methyl sites for hydroxylation is 1. The molecule has 2 heterocycles. The van der Waals surface area contributed by atoms with Crippen LogP contribution >= 0.6 is 0 Å². The molecule has 4 amide bonds. The standard InChI is InChI=1S/C22H29N5O4/c1-15-11-19(26-31-15)13-23-21(29)16-7-6-10-18(14-27(2)20(28)12-16)25-22(30)24-17-8-4-3-5-9-17/h3-5,8-9,11,16,18H,6-7,10,12-14H2,1-2H3,(H,23,29)(H2,24,25,30)/t16-,18-/m1/s1. The summed E-state index contributed by atoms with van der Waals surface area (Å²) in [6.07, 6.45) is 2.11. The van der Waals surface area contributed by atoms with Gasteiger partial charge < -0.3 is 25.4 Å². The molecule has 31 heavy (non-hydrogen) atoms. The van der Waals surface area contributed by atoms with E-state index < -0.39 is 5.92 Å². The average molecular weight is 428 g/mol. The van der Waals surface area contributed by atoms with Gasteiger partial charge in [0.05, 0.1) is 6.54 Å². The molecule has 1 aliphatic rings. The molecule has 166 valence electrons. The zero-order chi connectivity index (χ0) is 22.2. The minimum absolute atomic E-state index is 0.116. The number of nitrogens with zero attached hydrogens (tertiary/aromatic N) is 2. The Morgan fingerprint density at radius 3 is 2.71 bits per heavy atom. The molecule has 0 spiro atoms. The lowest BCUT2D eigenvalue weighted by molar-refractivity contribution is -0.135. The van der Waals surface area contributed by atoms with Gasteiger partial charge >= 0.3 is 6.03 Å². The summed E-state index contributed by atoms with van der Waals surface area (Å²) in [5.41, 5.74) is 1.34. The van der Waals surface area contributed by atoms with E-state index in [1.165, 1.54) is 0 Å². The van der Waals surface area contributed by atoms with Crippen molar-refractivity contribution in [2.45, 2.75) is 45.2 Å². The number of urea groups is 1. The summed E-state index contributed by atoms with van der Waals surface area (Å²) in [7, 11) is 1.70. The number of likely N-dealkylation sites (N-methyl/N-ethyl adjacent to an activating group) is 1. The molecule has 1 aromatic heterocycles. The van der Waals surface area contributed by atoms with E-state index in [0.29, 0.717) is 36.5 Å². The monoisotopic (exact) mass is 427 g/mol. The Kier molecular flexibility index (Phi) is 7.64. The van der Waals surface area contributed by atoms with Gasteiger partial charge in [0.1, 0.15) is 11.5 Å². The predicted molar refractivity (Wildman–Crippen MR) is 115 cm³/mol. The molecule has 1 saturated heterocycles. The molecule has 1 fully saturated rings. The van der Waals surface area contributed by atoms with Crippen LogP contribution in [-0.2, 0) is 16.1 Å². The summed E-state index contributed by atoms with van der Waals surface area (Å²) >= 11 is 0. The first-order valence-corrected chi connectivity index (χ1v) is 10.5. The van der Waals surface area contributed by atoms with Crippen LogP contribution in [0.4, 0.5) is 10.5 Å². The molecule has 2 aromatic rings. The van der Waals surface area contributed by atoms with Crippen LogP contribution in [-0.4, -0.2) is 47.5 Å². The molecule has 0 saturated carbocycles. The fourth-order valence-corrected chi connectivity index (χ4v) is 3.64. The molecule has 0 radical (unpaired) electrons. The van der Waals surface area contributed by atoms with Crippen molar-refractivity contribution in [2.75, 3.05) is 18.9 Å². The van der Waals surface area contributed by atoms with Crippen LogP contribution in [0.1, 0.15) is 37.1 Å².